The number of benzene rings is 8. The molecule has 0 atom stereocenters. The van der Waals surface area contributed by atoms with Crippen LogP contribution in [-0.2, 0) is 0 Å². The van der Waals surface area contributed by atoms with Crippen LogP contribution >= 0.6 is 11.3 Å². The molecule has 0 N–H and O–H groups in total. The van der Waals surface area contributed by atoms with Crippen LogP contribution in [0.3, 0.4) is 0 Å². The zero-order chi connectivity index (χ0) is 56.9. The van der Waals surface area contributed by atoms with Crippen molar-refractivity contribution in [1.29, 1.82) is 0 Å². The quantitative estimate of drug-likeness (QED) is 0.149. The van der Waals surface area contributed by atoms with E-state index in [0.29, 0.717) is 15.8 Å². The van der Waals surface area contributed by atoms with Crippen LogP contribution in [0.1, 0.15) is 0 Å². The molecule has 0 aliphatic rings. The van der Waals surface area contributed by atoms with Crippen molar-refractivity contribution in [3.8, 4) is 45.3 Å². The Hall–Kier alpha value is -5.98. The summed E-state index contributed by atoms with van der Waals surface area (Å²) in [5.74, 6) is 0.398. The molecule has 0 fully saturated rings. The van der Waals surface area contributed by atoms with Gasteiger partial charge in [-0.05, 0) is 27.4 Å². The summed E-state index contributed by atoms with van der Waals surface area (Å²) in [5, 5.41) is 0.776. The number of rotatable bonds is 7. The van der Waals surface area contributed by atoms with E-state index in [4.69, 9.17) is 192 Å². The van der Waals surface area contributed by atoms with E-state index in [1.807, 2.05) is 60.7 Å². The van der Waals surface area contributed by atoms with E-state index >= 15 is 0 Å². The van der Waals surface area contributed by atoms with E-state index in [2.05, 4.69) is 0 Å². The van der Waals surface area contributed by atoms with E-state index < -0.39 is 0 Å². The molecule has 0 saturated heterocycles. The van der Waals surface area contributed by atoms with Gasteiger partial charge in [0.2, 0.25) is 0 Å². The molecule has 3 heterocycles. The summed E-state index contributed by atoms with van der Waals surface area (Å²) in [5.41, 5.74) is -2.27. The topological polar surface area (TPSA) is 55.1 Å². The highest BCUT2D eigenvalue weighted by molar-refractivity contribution is 7.28. The van der Waals surface area contributed by atoms with E-state index in [1.165, 1.54) is 4.90 Å². The molecule has 11 aromatic rings. The number of furan rings is 1. The van der Waals surface area contributed by atoms with Gasteiger partial charge in [-0.15, -0.1) is 55.0 Å². The molecule has 5 nitrogen and oxygen atoms in total. The minimum atomic E-state index is -0.303. The van der Waals surface area contributed by atoms with Crippen LogP contribution in [-0.4, -0.2) is 188 Å². The van der Waals surface area contributed by atoms with E-state index in [9.17, 15) is 0 Å². The molecule has 44 radical (unpaired) electrons. The Kier molecular flexibility index (Phi) is 13.9. The highest BCUT2D eigenvalue weighted by Gasteiger charge is 2.34. The highest BCUT2D eigenvalue weighted by atomic mass is 32.1. The summed E-state index contributed by atoms with van der Waals surface area (Å²) < 4.78 is 7.28. The molecule has 0 bridgehead atoms. The molecular formula is C51H10B22N4OS. The Morgan fingerprint density at radius 2 is 0.633 bits per heavy atom. The van der Waals surface area contributed by atoms with Gasteiger partial charge in [0.25, 0.3) is 0 Å². The van der Waals surface area contributed by atoms with Gasteiger partial charge < -0.3 is 9.32 Å². The van der Waals surface area contributed by atoms with Crippen LogP contribution in [0.15, 0.2) is 65.1 Å². The predicted molar refractivity (Wildman–Crippen MR) is 355 cm³/mol. The molecule has 0 unspecified atom stereocenters. The summed E-state index contributed by atoms with van der Waals surface area (Å²) in [6.07, 6.45) is 0. The molecule has 312 valence electrons. The van der Waals surface area contributed by atoms with Crippen LogP contribution in [0.5, 0.6) is 0 Å². The van der Waals surface area contributed by atoms with Crippen molar-refractivity contribution in [3.63, 3.8) is 0 Å². The van der Waals surface area contributed by atoms with Gasteiger partial charge in [0.15, 0.2) is 17.5 Å². The molecule has 0 aliphatic carbocycles. The monoisotopic (exact) mass is 968 g/mol. The molecular weight excluding hydrogens is 955 g/mol. The summed E-state index contributed by atoms with van der Waals surface area (Å²) in [6.45, 7) is 0. The van der Waals surface area contributed by atoms with Gasteiger partial charge in [0.1, 0.15) is 184 Å². The Morgan fingerprint density at radius 1 is 0.278 bits per heavy atom. The second-order valence-corrected chi connectivity index (χ2v) is 19.7. The zero-order valence-corrected chi connectivity index (χ0v) is 42.4. The smallest absolute Gasteiger partial charge is 0.164 e. The molecule has 28 heteroatoms. The third-order valence-corrected chi connectivity index (χ3v) is 15.6. The molecule has 0 amide bonds. The fourth-order valence-corrected chi connectivity index (χ4v) is 11.5. The normalized spacial score (nSPS) is 11.6. The fraction of sp³-hybridized carbons (Fsp3) is 0. The minimum Gasteiger partial charge on any atom is -0.457 e. The van der Waals surface area contributed by atoms with Gasteiger partial charge in [-0.25, -0.2) is 15.0 Å². The van der Waals surface area contributed by atoms with Gasteiger partial charge in [0.05, 0.1) is 10.4 Å². The standard InChI is InChI=1S/C51H10B22N4OS/c52-20-14(21(53)29(61)33(65)28(20)60)15-22(54)36(68)43(37(69)23(15)55)77(44-38(70)32(64)26(58)18-17-25(57)31(63)35(67)40(72)47(17)79-48(18)44)42-27(59)19(13-16-24(56)30(62)34(66)39(71)46(16)78-45(13)41(42)73)51-75-49(11-7-3-1-4-8-11)74-50(76-51)12-9-5-2-6-10-12/h1-10H. The number of nitrogens with zero attached hydrogens (tertiary/aromatic N) is 4. The van der Waals surface area contributed by atoms with E-state index in [-0.39, 0.29) is 209 Å². The minimum absolute atomic E-state index is 0.00280. The predicted octanol–water partition coefficient (Wildman–Crippen LogP) is -12.3. The lowest BCUT2D eigenvalue weighted by atomic mass is 9.56. The first-order valence-corrected chi connectivity index (χ1v) is 24.3. The summed E-state index contributed by atoms with van der Waals surface area (Å²) in [7, 11) is 151. The fourth-order valence-electron chi connectivity index (χ4n) is 10.1. The lowest BCUT2D eigenvalue weighted by Crippen LogP contribution is -2.57. The highest BCUT2D eigenvalue weighted by Crippen LogP contribution is 2.43. The van der Waals surface area contributed by atoms with Gasteiger partial charge in [-0.3, -0.25) is 0 Å². The summed E-state index contributed by atoms with van der Waals surface area (Å²) in [4.78, 5) is 16.5. The first kappa shape index (κ1) is 55.0. The first-order chi connectivity index (χ1) is 37.4. The van der Waals surface area contributed by atoms with Crippen molar-refractivity contribution < 1.29 is 4.42 Å². The largest absolute Gasteiger partial charge is 0.457 e. The van der Waals surface area contributed by atoms with Crippen molar-refractivity contribution >= 4 is 363 Å². The van der Waals surface area contributed by atoms with Crippen LogP contribution in [0.2, 0.25) is 0 Å². The molecule has 8 aromatic carbocycles. The number of fused-ring (bicyclic) bond motifs is 6. The van der Waals surface area contributed by atoms with Crippen LogP contribution in [0.25, 0.3) is 87.4 Å². The Labute approximate surface area is 490 Å². The first-order valence-electron chi connectivity index (χ1n) is 23.5. The Balaban J connectivity index is 1.39. The van der Waals surface area contributed by atoms with Crippen molar-refractivity contribution in [2.24, 2.45) is 0 Å². The van der Waals surface area contributed by atoms with Crippen LogP contribution < -0.4 is 125 Å². The maximum absolute atomic E-state index is 7.78. The molecule has 0 spiro atoms. The number of thiophene rings is 1. The summed E-state index contributed by atoms with van der Waals surface area (Å²) >= 11 is 1.05. The third kappa shape index (κ3) is 8.00. The van der Waals surface area contributed by atoms with Crippen molar-refractivity contribution in [3.05, 3.63) is 60.7 Å². The maximum Gasteiger partial charge on any atom is 0.164 e. The van der Waals surface area contributed by atoms with Crippen LogP contribution in [0, 0.1) is 0 Å². The van der Waals surface area contributed by atoms with Crippen molar-refractivity contribution in [1.82, 2.24) is 15.0 Å². The SMILES string of the molecule is [B]c1c([B])c([B])c(-c2c([B])c([B])c(N(c3c([B])c(-c4nc(-c5ccccc5)nc(-c5ccccc5)n4)c4c(oc5c([B])c([B])c([B])c([B])c54)c3[B])c3c([B])c([B])c([B])c4c3sc3c([B])c([B])c([B])c([B])c34)c([B])c2[B])c([B])c1[B]. The second kappa shape index (κ2) is 19.9. The molecule has 11 rings (SSSR count). The van der Waals surface area contributed by atoms with Gasteiger partial charge >= 0.3 is 0 Å². The average molecular weight is 965 g/mol. The second-order valence-electron chi connectivity index (χ2n) is 18.7. The molecule has 0 saturated carbocycles. The lowest BCUT2D eigenvalue weighted by molar-refractivity contribution is 0.674. The number of hydrogen-bond acceptors (Lipinski definition) is 6. The summed E-state index contributed by atoms with van der Waals surface area (Å²) in [6, 6.07) is 18.3. The van der Waals surface area contributed by atoms with E-state index in [1.54, 1.807) is 0 Å². The Morgan fingerprint density at radius 3 is 1.14 bits per heavy atom. The van der Waals surface area contributed by atoms with Gasteiger partial charge in [-0.1, -0.05) is 132 Å². The number of aromatic nitrogens is 3. The van der Waals surface area contributed by atoms with Crippen molar-refractivity contribution in [2.45, 2.75) is 0 Å². The van der Waals surface area contributed by atoms with Crippen LogP contribution in [0.4, 0.5) is 17.1 Å². The zero-order valence-electron chi connectivity index (χ0n) is 41.6. The van der Waals surface area contributed by atoms with Gasteiger partial charge in [-0.2, -0.15) is 0 Å². The Bertz CT molecular complexity index is 4420. The van der Waals surface area contributed by atoms with E-state index in [0.717, 1.165) is 11.3 Å². The molecule has 3 aromatic heterocycles. The molecule has 79 heavy (non-hydrogen) atoms. The third-order valence-electron chi connectivity index (χ3n) is 14.4. The van der Waals surface area contributed by atoms with Crippen molar-refractivity contribution in [2.75, 3.05) is 4.90 Å². The lowest BCUT2D eigenvalue weighted by Gasteiger charge is -2.38. The number of anilines is 3. The molecule has 0 aliphatic heterocycles. The average Bonchev–Trinajstić information content (AvgIpc) is 3.81. The van der Waals surface area contributed by atoms with Gasteiger partial charge in [0, 0.05) is 43.5 Å². The number of hydrogen-bond donors (Lipinski definition) is 0. The maximum atomic E-state index is 7.78.